The van der Waals surface area contributed by atoms with Gasteiger partial charge in [0.15, 0.2) is 5.03 Å². The largest absolute Gasteiger partial charge is 0.308 e. The van der Waals surface area contributed by atoms with E-state index in [-0.39, 0.29) is 15.3 Å². The second-order valence-corrected chi connectivity index (χ2v) is 10.5. The van der Waals surface area contributed by atoms with Gasteiger partial charge in [-0.2, -0.15) is 0 Å². The van der Waals surface area contributed by atoms with Crippen molar-refractivity contribution in [3.05, 3.63) is 108 Å². The molecule has 0 bridgehead atoms. The van der Waals surface area contributed by atoms with Crippen molar-refractivity contribution < 1.29 is 8.42 Å². The van der Waals surface area contributed by atoms with Gasteiger partial charge in [0.1, 0.15) is 0 Å². The van der Waals surface area contributed by atoms with Crippen molar-refractivity contribution in [2.24, 2.45) is 0 Å². The molecule has 4 nitrogen and oxygen atoms in total. The van der Waals surface area contributed by atoms with Crippen LogP contribution >= 0.6 is 0 Å². The van der Waals surface area contributed by atoms with Crippen LogP contribution in [0.25, 0.3) is 0 Å². The Kier molecular flexibility index (Phi) is 4.68. The van der Waals surface area contributed by atoms with E-state index in [9.17, 15) is 8.42 Å². The lowest BCUT2D eigenvalue weighted by atomic mass is 9.73. The Morgan fingerprint density at radius 3 is 1.78 bits per heavy atom. The van der Waals surface area contributed by atoms with Crippen molar-refractivity contribution in [1.82, 2.24) is 4.98 Å². The van der Waals surface area contributed by atoms with Gasteiger partial charge in [-0.1, -0.05) is 68.4 Å². The van der Waals surface area contributed by atoms with Gasteiger partial charge in [-0.3, -0.25) is 0 Å². The number of nitrogens with zero attached hydrogens (tertiary/aromatic N) is 2. The Bertz CT molecular complexity index is 1380. The zero-order chi connectivity index (χ0) is 22.5. The molecule has 0 N–H and O–H groups in total. The molecule has 5 heteroatoms. The summed E-state index contributed by atoms with van der Waals surface area (Å²) in [5.41, 5.74) is 5.98. The van der Waals surface area contributed by atoms with Crippen LogP contribution in [0.3, 0.4) is 0 Å². The molecule has 1 aliphatic heterocycles. The van der Waals surface area contributed by atoms with Crippen LogP contribution < -0.4 is 4.90 Å². The molecule has 4 aromatic rings. The first kappa shape index (κ1) is 20.5. The number of anilines is 3. The first-order valence-electron chi connectivity index (χ1n) is 10.6. The third-order valence-electron chi connectivity index (χ3n) is 6.24. The maximum absolute atomic E-state index is 13.1. The minimum absolute atomic E-state index is 0.0591. The van der Waals surface area contributed by atoms with E-state index in [4.69, 9.17) is 0 Å². The SMILES string of the molecule is Cc1nc(S(=O)(=O)c2ccccc2)ccc1N1c2ccccc2C(C)(C)c2ccccc21. The third-order valence-corrected chi connectivity index (χ3v) is 7.91. The molecule has 160 valence electrons. The predicted molar refractivity (Wildman–Crippen MR) is 128 cm³/mol. The van der Waals surface area contributed by atoms with E-state index in [0.29, 0.717) is 5.69 Å². The molecule has 0 spiro atoms. The number of aryl methyl sites for hydroxylation is 1. The van der Waals surface area contributed by atoms with Crippen molar-refractivity contribution in [1.29, 1.82) is 0 Å². The predicted octanol–water partition coefficient (Wildman–Crippen LogP) is 6.33. The van der Waals surface area contributed by atoms with Crippen LogP contribution in [0.5, 0.6) is 0 Å². The van der Waals surface area contributed by atoms with Gasteiger partial charge in [-0.25, -0.2) is 13.4 Å². The monoisotopic (exact) mass is 440 g/mol. The second-order valence-electron chi connectivity index (χ2n) is 8.57. The molecule has 0 fully saturated rings. The molecule has 0 radical (unpaired) electrons. The number of rotatable bonds is 3. The molecule has 3 aromatic carbocycles. The van der Waals surface area contributed by atoms with Crippen molar-refractivity contribution >= 4 is 26.9 Å². The van der Waals surface area contributed by atoms with Crippen LogP contribution in [0, 0.1) is 6.92 Å². The summed E-state index contributed by atoms with van der Waals surface area (Å²) < 4.78 is 26.2. The van der Waals surface area contributed by atoms with E-state index in [0.717, 1.165) is 17.1 Å². The Morgan fingerprint density at radius 1 is 0.688 bits per heavy atom. The van der Waals surface area contributed by atoms with E-state index >= 15 is 0 Å². The highest BCUT2D eigenvalue weighted by Gasteiger charge is 2.37. The Morgan fingerprint density at radius 2 is 1.22 bits per heavy atom. The summed E-state index contributed by atoms with van der Waals surface area (Å²) in [6.07, 6.45) is 0. The molecule has 0 unspecified atom stereocenters. The average Bonchev–Trinajstić information content (AvgIpc) is 2.81. The van der Waals surface area contributed by atoms with Gasteiger partial charge in [0.2, 0.25) is 9.84 Å². The van der Waals surface area contributed by atoms with Crippen LogP contribution in [-0.4, -0.2) is 13.4 Å². The smallest absolute Gasteiger partial charge is 0.223 e. The maximum atomic E-state index is 13.1. The summed E-state index contributed by atoms with van der Waals surface area (Å²) in [6.45, 7) is 6.34. The number of benzene rings is 3. The normalized spacial score (nSPS) is 14.5. The average molecular weight is 441 g/mol. The minimum Gasteiger partial charge on any atom is -0.308 e. The number of fused-ring (bicyclic) bond motifs is 2. The molecule has 0 saturated heterocycles. The fourth-order valence-electron chi connectivity index (χ4n) is 4.57. The van der Waals surface area contributed by atoms with Crippen molar-refractivity contribution in [2.75, 3.05) is 4.90 Å². The second kappa shape index (κ2) is 7.31. The highest BCUT2D eigenvalue weighted by atomic mass is 32.2. The van der Waals surface area contributed by atoms with E-state index in [2.05, 4.69) is 60.1 Å². The summed E-state index contributed by atoms with van der Waals surface area (Å²) in [6, 6.07) is 28.6. The summed E-state index contributed by atoms with van der Waals surface area (Å²) in [5.74, 6) is 0. The molecular weight excluding hydrogens is 416 g/mol. The number of hydrogen-bond donors (Lipinski definition) is 0. The van der Waals surface area contributed by atoms with Gasteiger partial charge in [-0.05, 0) is 54.4 Å². The summed E-state index contributed by atoms with van der Waals surface area (Å²) in [5, 5.41) is 0.0591. The zero-order valence-corrected chi connectivity index (χ0v) is 19.1. The van der Waals surface area contributed by atoms with E-state index < -0.39 is 9.84 Å². The standard InChI is InChI=1S/C27H24N2O2S/c1-19-23(17-18-26(28-19)32(30,31)20-11-5-4-6-12-20)29-24-15-9-7-13-21(24)27(2,3)22-14-8-10-16-25(22)29/h4-18H,1-3H3. The number of para-hydroxylation sites is 2. The summed E-state index contributed by atoms with van der Waals surface area (Å²) in [7, 11) is -3.68. The maximum Gasteiger partial charge on any atom is 0.223 e. The first-order valence-corrected chi connectivity index (χ1v) is 12.1. The lowest BCUT2D eigenvalue weighted by molar-refractivity contribution is 0.592. The molecule has 1 aromatic heterocycles. The van der Waals surface area contributed by atoms with E-state index in [1.165, 1.54) is 11.1 Å². The van der Waals surface area contributed by atoms with Gasteiger partial charge in [0, 0.05) is 5.41 Å². The highest BCUT2D eigenvalue weighted by molar-refractivity contribution is 7.91. The van der Waals surface area contributed by atoms with Crippen molar-refractivity contribution in [3.63, 3.8) is 0 Å². The topological polar surface area (TPSA) is 50.3 Å². The number of aromatic nitrogens is 1. The first-order chi connectivity index (χ1) is 15.3. The number of hydrogen-bond acceptors (Lipinski definition) is 4. The van der Waals surface area contributed by atoms with Gasteiger partial charge in [0.25, 0.3) is 0 Å². The lowest BCUT2D eigenvalue weighted by Crippen LogP contribution is -2.30. The summed E-state index contributed by atoms with van der Waals surface area (Å²) in [4.78, 5) is 6.99. The van der Waals surface area contributed by atoms with Crippen LogP contribution in [0.2, 0.25) is 0 Å². The molecule has 5 rings (SSSR count). The fraction of sp³-hybridized carbons (Fsp3) is 0.148. The minimum atomic E-state index is -3.68. The quantitative estimate of drug-likeness (QED) is 0.373. The Labute approximate surface area is 189 Å². The fourth-order valence-corrected chi connectivity index (χ4v) is 5.83. The Hall–Kier alpha value is -3.44. The molecular formula is C27H24N2O2S. The van der Waals surface area contributed by atoms with Crippen LogP contribution in [0.4, 0.5) is 17.1 Å². The van der Waals surface area contributed by atoms with Crippen molar-refractivity contribution in [2.45, 2.75) is 36.1 Å². The van der Waals surface area contributed by atoms with Gasteiger partial charge in [-0.15, -0.1) is 0 Å². The van der Waals surface area contributed by atoms with Gasteiger partial charge >= 0.3 is 0 Å². The van der Waals surface area contributed by atoms with Gasteiger partial charge in [0.05, 0.1) is 27.7 Å². The molecule has 0 saturated carbocycles. The van der Waals surface area contributed by atoms with Crippen LogP contribution in [0.15, 0.2) is 101 Å². The van der Waals surface area contributed by atoms with E-state index in [1.807, 2.05) is 25.1 Å². The van der Waals surface area contributed by atoms with Crippen LogP contribution in [-0.2, 0) is 15.3 Å². The zero-order valence-electron chi connectivity index (χ0n) is 18.3. The molecule has 1 aliphatic rings. The Balaban J connectivity index is 1.69. The molecule has 2 heterocycles. The van der Waals surface area contributed by atoms with Gasteiger partial charge < -0.3 is 4.90 Å². The third kappa shape index (κ3) is 3.04. The molecule has 0 amide bonds. The summed E-state index contributed by atoms with van der Waals surface area (Å²) >= 11 is 0. The number of pyridine rings is 1. The van der Waals surface area contributed by atoms with Crippen LogP contribution in [0.1, 0.15) is 30.7 Å². The van der Waals surface area contributed by atoms with E-state index in [1.54, 1.807) is 36.4 Å². The molecule has 0 aliphatic carbocycles. The number of sulfone groups is 1. The molecule has 0 atom stereocenters. The highest BCUT2D eigenvalue weighted by Crippen LogP contribution is 2.51. The van der Waals surface area contributed by atoms with Crippen molar-refractivity contribution in [3.8, 4) is 0 Å². The molecule has 32 heavy (non-hydrogen) atoms. The lowest BCUT2D eigenvalue weighted by Gasteiger charge is -2.42.